The summed E-state index contributed by atoms with van der Waals surface area (Å²) in [5.74, 6) is -1.04. The van der Waals surface area contributed by atoms with Gasteiger partial charge < -0.3 is 5.11 Å². The smallest absolute Gasteiger partial charge is 0.384 e. The van der Waals surface area contributed by atoms with E-state index in [2.05, 4.69) is 4.98 Å². The molecule has 1 heterocycles. The van der Waals surface area contributed by atoms with Crippen LogP contribution in [0.5, 0.6) is 0 Å². The summed E-state index contributed by atoms with van der Waals surface area (Å²) in [4.78, 5) is 3.93. The molecule has 0 saturated heterocycles. The first-order valence-electron chi connectivity index (χ1n) is 7.75. The highest BCUT2D eigenvalue weighted by Crippen LogP contribution is 2.33. The molecule has 1 unspecified atom stereocenters. The minimum atomic E-state index is -4.66. The lowest BCUT2D eigenvalue weighted by Gasteiger charge is -2.14. The molecule has 0 aliphatic heterocycles. The van der Waals surface area contributed by atoms with Crippen LogP contribution >= 0.6 is 0 Å². The molecule has 0 saturated carbocycles. The first kappa shape index (κ1) is 22.1. The zero-order valence-electron chi connectivity index (χ0n) is 14.4. The molecule has 1 N–H and O–H groups in total. The van der Waals surface area contributed by atoms with Crippen molar-refractivity contribution < 1.29 is 22.7 Å². The van der Waals surface area contributed by atoms with Crippen molar-refractivity contribution in [1.29, 1.82) is 0 Å². The second-order valence-corrected chi connectivity index (χ2v) is 4.40. The quantitative estimate of drug-likeness (QED) is 0.710. The van der Waals surface area contributed by atoms with Gasteiger partial charge >= 0.3 is 6.18 Å². The van der Waals surface area contributed by atoms with Gasteiger partial charge in [0.25, 0.3) is 0 Å². The summed E-state index contributed by atoms with van der Waals surface area (Å²) in [6.45, 7) is 9.68. The highest BCUT2D eigenvalue weighted by molar-refractivity contribution is 5.34. The third-order valence-electron chi connectivity index (χ3n) is 2.80. The van der Waals surface area contributed by atoms with E-state index in [1.165, 1.54) is 18.3 Å². The number of rotatable bonds is 2. The van der Waals surface area contributed by atoms with Gasteiger partial charge in [-0.15, -0.1) is 0 Å². The SMILES string of the molecule is CC.CC.Cc1cc(C(O)c2cc(F)cc(C(F)(F)F)c2)ccn1. The largest absolute Gasteiger partial charge is 0.416 e. The Balaban J connectivity index is 0.00000123. The Morgan fingerprint density at radius 1 is 0.958 bits per heavy atom. The van der Waals surface area contributed by atoms with Gasteiger partial charge in [0.2, 0.25) is 0 Å². The number of benzene rings is 1. The van der Waals surface area contributed by atoms with E-state index >= 15 is 0 Å². The first-order chi connectivity index (χ1) is 11.3. The number of hydrogen-bond acceptors (Lipinski definition) is 2. The molecule has 1 atom stereocenters. The van der Waals surface area contributed by atoms with E-state index in [1.54, 1.807) is 6.92 Å². The molecule has 1 aromatic heterocycles. The van der Waals surface area contributed by atoms with Crippen LogP contribution in [0, 0.1) is 12.7 Å². The van der Waals surface area contributed by atoms with Crippen molar-refractivity contribution in [1.82, 2.24) is 4.98 Å². The molecular formula is C18H23F4NO. The van der Waals surface area contributed by atoms with Crippen LogP contribution in [0.15, 0.2) is 36.5 Å². The molecule has 24 heavy (non-hydrogen) atoms. The number of aryl methyl sites for hydroxylation is 1. The molecule has 0 radical (unpaired) electrons. The zero-order chi connectivity index (χ0) is 18.9. The van der Waals surface area contributed by atoms with Crippen LogP contribution in [0.4, 0.5) is 17.6 Å². The third-order valence-corrected chi connectivity index (χ3v) is 2.80. The van der Waals surface area contributed by atoms with Crippen molar-refractivity contribution in [2.24, 2.45) is 0 Å². The average molecular weight is 345 g/mol. The molecule has 0 aliphatic rings. The molecule has 134 valence electrons. The molecule has 1 aromatic carbocycles. The Hall–Kier alpha value is -1.95. The van der Waals surface area contributed by atoms with Crippen LogP contribution in [-0.4, -0.2) is 10.1 Å². The fourth-order valence-corrected chi connectivity index (χ4v) is 1.86. The molecule has 2 aromatic rings. The third kappa shape index (κ3) is 6.28. The van der Waals surface area contributed by atoms with Crippen molar-refractivity contribution in [3.63, 3.8) is 0 Å². The molecule has 0 fully saturated rings. The van der Waals surface area contributed by atoms with Crippen LogP contribution in [-0.2, 0) is 6.18 Å². The molecule has 0 bridgehead atoms. The van der Waals surface area contributed by atoms with E-state index < -0.39 is 23.7 Å². The van der Waals surface area contributed by atoms with Crippen LogP contribution < -0.4 is 0 Å². The second-order valence-electron chi connectivity index (χ2n) is 4.40. The van der Waals surface area contributed by atoms with E-state index in [9.17, 15) is 22.7 Å². The van der Waals surface area contributed by atoms with E-state index in [0.29, 0.717) is 17.3 Å². The van der Waals surface area contributed by atoms with E-state index in [1.807, 2.05) is 27.7 Å². The monoisotopic (exact) mass is 345 g/mol. The predicted octanol–water partition coefficient (Wildman–Crippen LogP) is 5.68. The number of alkyl halides is 3. The van der Waals surface area contributed by atoms with Gasteiger partial charge in [-0.1, -0.05) is 27.7 Å². The highest BCUT2D eigenvalue weighted by atomic mass is 19.4. The Morgan fingerprint density at radius 3 is 2.04 bits per heavy atom. The molecule has 6 heteroatoms. The summed E-state index contributed by atoms with van der Waals surface area (Å²) in [7, 11) is 0. The van der Waals surface area contributed by atoms with Gasteiger partial charge in [-0.3, -0.25) is 4.98 Å². The minimum Gasteiger partial charge on any atom is -0.384 e. The highest BCUT2D eigenvalue weighted by Gasteiger charge is 2.32. The van der Waals surface area contributed by atoms with Gasteiger partial charge in [0.05, 0.1) is 5.56 Å². The van der Waals surface area contributed by atoms with Crippen LogP contribution in [0.25, 0.3) is 0 Å². The Kier molecular flexibility index (Phi) is 9.21. The number of nitrogens with zero attached hydrogens (tertiary/aromatic N) is 1. The maximum atomic E-state index is 13.3. The Bertz CT molecular complexity index is 627. The van der Waals surface area contributed by atoms with Crippen molar-refractivity contribution in [2.75, 3.05) is 0 Å². The topological polar surface area (TPSA) is 33.1 Å². The van der Waals surface area contributed by atoms with Crippen LogP contribution in [0.2, 0.25) is 0 Å². The first-order valence-corrected chi connectivity index (χ1v) is 7.75. The van der Waals surface area contributed by atoms with E-state index in [4.69, 9.17) is 0 Å². The normalized spacial score (nSPS) is 11.6. The van der Waals surface area contributed by atoms with Gasteiger partial charge in [-0.05, 0) is 48.4 Å². The Morgan fingerprint density at radius 2 is 1.54 bits per heavy atom. The fraction of sp³-hybridized carbons (Fsp3) is 0.389. The van der Waals surface area contributed by atoms with Crippen LogP contribution in [0.3, 0.4) is 0 Å². The maximum absolute atomic E-state index is 13.3. The number of hydrogen-bond donors (Lipinski definition) is 1. The number of halogens is 4. The van der Waals surface area contributed by atoms with Gasteiger partial charge in [0.1, 0.15) is 11.9 Å². The molecule has 0 spiro atoms. The lowest BCUT2D eigenvalue weighted by molar-refractivity contribution is -0.137. The van der Waals surface area contributed by atoms with Crippen molar-refractivity contribution in [3.8, 4) is 0 Å². The van der Waals surface area contributed by atoms with Gasteiger partial charge in [-0.25, -0.2) is 4.39 Å². The number of aliphatic hydroxyl groups excluding tert-OH is 1. The lowest BCUT2D eigenvalue weighted by atomic mass is 9.99. The maximum Gasteiger partial charge on any atom is 0.416 e. The zero-order valence-corrected chi connectivity index (χ0v) is 14.4. The number of pyridine rings is 1. The predicted molar refractivity (Wildman–Crippen MR) is 87.1 cm³/mol. The molecule has 2 rings (SSSR count). The summed E-state index contributed by atoms with van der Waals surface area (Å²) >= 11 is 0. The molecule has 0 aliphatic carbocycles. The van der Waals surface area contributed by atoms with E-state index in [0.717, 1.165) is 12.1 Å². The summed E-state index contributed by atoms with van der Waals surface area (Å²) in [5.41, 5.74) is -0.314. The summed E-state index contributed by atoms with van der Waals surface area (Å²) in [6.07, 6.45) is -4.57. The summed E-state index contributed by atoms with van der Waals surface area (Å²) < 4.78 is 51.1. The van der Waals surface area contributed by atoms with Crippen LogP contribution in [0.1, 0.15) is 56.2 Å². The van der Waals surface area contributed by atoms with Gasteiger partial charge in [0.15, 0.2) is 0 Å². The molecule has 0 amide bonds. The number of aromatic nitrogens is 1. The second kappa shape index (κ2) is 10.0. The lowest BCUT2D eigenvalue weighted by Crippen LogP contribution is -2.09. The molecular weight excluding hydrogens is 322 g/mol. The Labute approximate surface area is 140 Å². The molecule has 2 nitrogen and oxygen atoms in total. The van der Waals surface area contributed by atoms with Crippen molar-refractivity contribution >= 4 is 0 Å². The summed E-state index contributed by atoms with van der Waals surface area (Å²) in [6, 6.07) is 5.02. The fourth-order valence-electron chi connectivity index (χ4n) is 1.86. The number of aliphatic hydroxyl groups is 1. The van der Waals surface area contributed by atoms with Gasteiger partial charge in [0, 0.05) is 11.9 Å². The minimum absolute atomic E-state index is 0.150. The summed E-state index contributed by atoms with van der Waals surface area (Å²) in [5, 5.41) is 10.1. The van der Waals surface area contributed by atoms with Crippen molar-refractivity contribution in [3.05, 3.63) is 64.7 Å². The van der Waals surface area contributed by atoms with E-state index in [-0.39, 0.29) is 5.56 Å². The average Bonchev–Trinajstić information content (AvgIpc) is 2.56. The standard InChI is InChI=1S/C14H11F4NO.2C2H6/c1-8-4-9(2-3-19-8)13(20)10-5-11(14(16,17)18)7-12(15)6-10;2*1-2/h2-7,13,20H,1H3;2*1-2H3. The van der Waals surface area contributed by atoms with Gasteiger partial charge in [-0.2, -0.15) is 13.2 Å². The van der Waals surface area contributed by atoms with Crippen molar-refractivity contribution in [2.45, 2.75) is 46.9 Å².